The summed E-state index contributed by atoms with van der Waals surface area (Å²) in [6.07, 6.45) is 6.30. The minimum Gasteiger partial charge on any atom is -0.298 e. The molecule has 1 aliphatic heterocycles. The SMILES string of the molecule is CC(C)N1CCN(CC2=C=CC=C2)CCN(C(C)C)CC1. The Morgan fingerprint density at radius 2 is 1.43 bits per heavy atom. The molecule has 0 saturated carbocycles. The molecule has 0 atom stereocenters. The Morgan fingerprint density at radius 3 is 1.86 bits per heavy atom. The highest BCUT2D eigenvalue weighted by Crippen LogP contribution is 2.10. The molecule has 3 heteroatoms. The van der Waals surface area contributed by atoms with E-state index in [1.807, 2.05) is 6.08 Å². The van der Waals surface area contributed by atoms with E-state index < -0.39 is 0 Å². The van der Waals surface area contributed by atoms with Crippen molar-refractivity contribution in [2.75, 3.05) is 45.8 Å². The zero-order valence-electron chi connectivity index (χ0n) is 14.2. The summed E-state index contributed by atoms with van der Waals surface area (Å²) >= 11 is 0. The molecule has 3 nitrogen and oxygen atoms in total. The largest absolute Gasteiger partial charge is 0.298 e. The van der Waals surface area contributed by atoms with Gasteiger partial charge in [-0.3, -0.25) is 14.7 Å². The summed E-state index contributed by atoms with van der Waals surface area (Å²) in [6, 6.07) is 1.26. The molecule has 2 aliphatic rings. The number of hydrogen-bond donors (Lipinski definition) is 0. The van der Waals surface area contributed by atoms with Gasteiger partial charge in [0.05, 0.1) is 0 Å². The maximum absolute atomic E-state index is 3.34. The van der Waals surface area contributed by atoms with Gasteiger partial charge in [0.25, 0.3) is 0 Å². The Bertz CT molecular complexity index is 396. The summed E-state index contributed by atoms with van der Waals surface area (Å²) in [5.41, 5.74) is 4.66. The summed E-state index contributed by atoms with van der Waals surface area (Å²) in [7, 11) is 0. The first-order valence-electron chi connectivity index (χ1n) is 8.39. The van der Waals surface area contributed by atoms with Gasteiger partial charge in [-0.15, -0.1) is 5.73 Å². The lowest BCUT2D eigenvalue weighted by Crippen LogP contribution is -2.41. The Hall–Kier alpha value is -0.860. The van der Waals surface area contributed by atoms with Gasteiger partial charge >= 0.3 is 0 Å². The summed E-state index contributed by atoms with van der Waals surface area (Å²) in [5.74, 6) is 0. The molecular formula is C18H31N3. The van der Waals surface area contributed by atoms with Gasteiger partial charge in [0.15, 0.2) is 0 Å². The number of allylic oxidation sites excluding steroid dienone is 1. The van der Waals surface area contributed by atoms with E-state index in [9.17, 15) is 0 Å². The van der Waals surface area contributed by atoms with Crippen LogP contribution in [0, 0.1) is 0 Å². The van der Waals surface area contributed by atoms with E-state index in [4.69, 9.17) is 0 Å². The molecule has 0 bridgehead atoms. The van der Waals surface area contributed by atoms with Crippen molar-refractivity contribution in [2.24, 2.45) is 0 Å². The summed E-state index contributed by atoms with van der Waals surface area (Å²) < 4.78 is 0. The molecule has 0 amide bonds. The fourth-order valence-corrected chi connectivity index (χ4v) is 3.03. The molecule has 1 aliphatic carbocycles. The van der Waals surface area contributed by atoms with Gasteiger partial charge in [-0.2, -0.15) is 0 Å². The normalized spacial score (nSPS) is 22.7. The molecule has 21 heavy (non-hydrogen) atoms. The van der Waals surface area contributed by atoms with Crippen molar-refractivity contribution in [3.63, 3.8) is 0 Å². The van der Waals surface area contributed by atoms with Crippen molar-refractivity contribution in [1.29, 1.82) is 0 Å². The molecule has 1 heterocycles. The number of rotatable bonds is 4. The van der Waals surface area contributed by atoms with E-state index in [1.54, 1.807) is 0 Å². The summed E-state index contributed by atoms with van der Waals surface area (Å²) in [5, 5.41) is 0. The monoisotopic (exact) mass is 289 g/mol. The van der Waals surface area contributed by atoms with Crippen LogP contribution in [0.4, 0.5) is 0 Å². The van der Waals surface area contributed by atoms with E-state index in [0.717, 1.165) is 19.6 Å². The van der Waals surface area contributed by atoms with Crippen LogP contribution in [0.3, 0.4) is 0 Å². The van der Waals surface area contributed by atoms with Crippen LogP contribution in [0.5, 0.6) is 0 Å². The lowest BCUT2D eigenvalue weighted by molar-refractivity contribution is 0.169. The first-order chi connectivity index (χ1) is 10.1. The highest BCUT2D eigenvalue weighted by molar-refractivity contribution is 5.30. The predicted octanol–water partition coefficient (Wildman–Crippen LogP) is 2.37. The van der Waals surface area contributed by atoms with Gasteiger partial charge in [-0.25, -0.2) is 0 Å². The Balaban J connectivity index is 2.00. The first kappa shape index (κ1) is 16.5. The second kappa shape index (κ2) is 7.95. The van der Waals surface area contributed by atoms with Crippen LogP contribution in [0.25, 0.3) is 0 Å². The van der Waals surface area contributed by atoms with Gasteiger partial charge in [-0.1, -0.05) is 6.08 Å². The number of hydrogen-bond acceptors (Lipinski definition) is 3. The van der Waals surface area contributed by atoms with Crippen molar-refractivity contribution < 1.29 is 0 Å². The van der Waals surface area contributed by atoms with Gasteiger partial charge in [0.2, 0.25) is 0 Å². The van der Waals surface area contributed by atoms with Crippen LogP contribution >= 0.6 is 0 Å². The van der Waals surface area contributed by atoms with Crippen LogP contribution in [0.1, 0.15) is 27.7 Å². The molecule has 2 rings (SSSR count). The van der Waals surface area contributed by atoms with Crippen LogP contribution in [-0.2, 0) is 0 Å². The fourth-order valence-electron chi connectivity index (χ4n) is 3.03. The number of nitrogens with zero attached hydrogens (tertiary/aromatic N) is 3. The van der Waals surface area contributed by atoms with Crippen LogP contribution < -0.4 is 0 Å². The smallest absolute Gasteiger partial charge is 0.0308 e. The van der Waals surface area contributed by atoms with Crippen LogP contribution in [-0.4, -0.2) is 72.6 Å². The fraction of sp³-hybridized carbons (Fsp3) is 0.722. The average molecular weight is 289 g/mol. The van der Waals surface area contributed by atoms with E-state index >= 15 is 0 Å². The molecule has 0 radical (unpaired) electrons. The third kappa shape index (κ3) is 5.12. The first-order valence-corrected chi connectivity index (χ1v) is 8.39. The molecule has 0 aromatic rings. The molecule has 1 saturated heterocycles. The van der Waals surface area contributed by atoms with Crippen molar-refractivity contribution in [1.82, 2.24) is 14.7 Å². The van der Waals surface area contributed by atoms with E-state index in [-0.39, 0.29) is 0 Å². The molecule has 0 unspecified atom stereocenters. The third-order valence-electron chi connectivity index (χ3n) is 4.60. The van der Waals surface area contributed by atoms with Crippen molar-refractivity contribution in [3.05, 3.63) is 29.5 Å². The van der Waals surface area contributed by atoms with E-state index in [0.29, 0.717) is 12.1 Å². The zero-order chi connectivity index (χ0) is 15.2. The van der Waals surface area contributed by atoms with Gasteiger partial charge in [0.1, 0.15) is 0 Å². The van der Waals surface area contributed by atoms with Crippen LogP contribution in [0.15, 0.2) is 29.5 Å². The minimum atomic E-state index is 0.629. The molecule has 1 fully saturated rings. The molecule has 0 N–H and O–H groups in total. The Kier molecular flexibility index (Phi) is 6.25. The standard InChI is InChI=1S/C18H31N3/c1-16(2)20-11-9-19(15-18-7-5-6-8-18)10-12-21(14-13-20)17(3)4/h5-7,16-17H,9-15H2,1-4H3. The quantitative estimate of drug-likeness (QED) is 0.736. The lowest BCUT2D eigenvalue weighted by Gasteiger charge is -2.30. The predicted molar refractivity (Wildman–Crippen MR) is 90.6 cm³/mol. The second-order valence-electron chi connectivity index (χ2n) is 6.73. The summed E-state index contributed by atoms with van der Waals surface area (Å²) in [6.45, 7) is 17.3. The Morgan fingerprint density at radius 1 is 0.905 bits per heavy atom. The van der Waals surface area contributed by atoms with E-state index in [1.165, 1.54) is 31.8 Å². The Labute approximate surface area is 130 Å². The van der Waals surface area contributed by atoms with Gasteiger partial charge < -0.3 is 0 Å². The van der Waals surface area contributed by atoms with Crippen molar-refractivity contribution in [2.45, 2.75) is 39.8 Å². The minimum absolute atomic E-state index is 0.629. The zero-order valence-corrected chi connectivity index (χ0v) is 14.2. The topological polar surface area (TPSA) is 9.72 Å². The average Bonchev–Trinajstić information content (AvgIpc) is 2.94. The maximum Gasteiger partial charge on any atom is 0.0308 e. The van der Waals surface area contributed by atoms with Gasteiger partial charge in [0, 0.05) is 63.5 Å². The highest BCUT2D eigenvalue weighted by atomic mass is 15.3. The molecule has 118 valence electrons. The third-order valence-corrected chi connectivity index (χ3v) is 4.60. The second-order valence-corrected chi connectivity index (χ2v) is 6.73. The molecule has 0 spiro atoms. The van der Waals surface area contributed by atoms with Crippen molar-refractivity contribution in [3.8, 4) is 0 Å². The molecule has 0 aromatic carbocycles. The lowest BCUT2D eigenvalue weighted by atomic mass is 10.2. The van der Waals surface area contributed by atoms with Gasteiger partial charge in [-0.05, 0) is 39.8 Å². The van der Waals surface area contributed by atoms with Crippen LogP contribution in [0.2, 0.25) is 0 Å². The molecule has 0 aromatic heterocycles. The van der Waals surface area contributed by atoms with E-state index in [2.05, 4.69) is 60.3 Å². The maximum atomic E-state index is 3.34. The molecular weight excluding hydrogens is 258 g/mol. The summed E-state index contributed by atoms with van der Waals surface area (Å²) in [4.78, 5) is 7.81. The van der Waals surface area contributed by atoms with Crippen molar-refractivity contribution >= 4 is 0 Å². The highest BCUT2D eigenvalue weighted by Gasteiger charge is 2.19.